The van der Waals surface area contributed by atoms with Gasteiger partial charge in [-0.3, -0.25) is 24.9 Å². The molecule has 0 saturated heterocycles. The van der Waals surface area contributed by atoms with Crippen molar-refractivity contribution in [2.75, 3.05) is 26.9 Å². The van der Waals surface area contributed by atoms with Gasteiger partial charge in [0.15, 0.2) is 14.9 Å². The number of para-hydroxylation sites is 1. The molecule has 3 amide bonds. The predicted molar refractivity (Wildman–Crippen MR) is 222 cm³/mol. The highest BCUT2D eigenvalue weighted by Crippen LogP contribution is 2.44. The number of methoxy groups -OCH3 is 1. The van der Waals surface area contributed by atoms with Crippen LogP contribution < -0.4 is 26.8 Å². The number of carbonyl (C=O) groups excluding carboxylic acids is 4. The van der Waals surface area contributed by atoms with E-state index < -0.39 is 66.9 Å². The molecule has 0 aromatic heterocycles. The highest BCUT2D eigenvalue weighted by molar-refractivity contribution is 6.48. The first-order valence-corrected chi connectivity index (χ1v) is 22.7. The number of nitrogens with one attached hydrogen (secondary N) is 2. The normalized spacial score (nSPS) is 15.9. The fraction of sp³-hybridized carbons (Fsp3) is 0.762. The Hall–Kier alpha value is -3.00. The Balaban J connectivity index is 3.76. The zero-order valence-corrected chi connectivity index (χ0v) is 37.9. The van der Waals surface area contributed by atoms with Crippen molar-refractivity contribution in [2.24, 2.45) is 57.8 Å². The molecule has 0 fully saturated rings. The predicted octanol–water partition coefficient (Wildman–Crippen LogP) is 6.41. The number of hydrogen-bond acceptors (Lipinski definition) is 9. The van der Waals surface area contributed by atoms with Crippen LogP contribution in [0.4, 0.5) is 0 Å². The summed E-state index contributed by atoms with van der Waals surface area (Å²) in [6, 6.07) is 7.03. The van der Waals surface area contributed by atoms with Gasteiger partial charge in [-0.1, -0.05) is 60.6 Å². The average molecular weight is 793 g/mol. The molecule has 6 N–H and O–H groups in total. The molecule has 5 atom stereocenters. The molecule has 0 bridgehead atoms. The van der Waals surface area contributed by atoms with Crippen molar-refractivity contribution in [3.8, 4) is 5.75 Å². The van der Waals surface area contributed by atoms with Crippen LogP contribution >= 0.6 is 0 Å². The van der Waals surface area contributed by atoms with Crippen LogP contribution in [0.5, 0.6) is 5.75 Å². The second-order valence-electron chi connectivity index (χ2n) is 18.7. The van der Waals surface area contributed by atoms with E-state index in [4.69, 9.17) is 30.1 Å². The van der Waals surface area contributed by atoms with Gasteiger partial charge in [0.05, 0.1) is 23.5 Å². The van der Waals surface area contributed by atoms with E-state index in [2.05, 4.69) is 31.4 Å². The fourth-order valence-electron chi connectivity index (χ4n) is 6.78. The Morgan fingerprint density at radius 2 is 1.38 bits per heavy atom. The fourth-order valence-corrected chi connectivity index (χ4v) is 7.79. The second-order valence-corrected chi connectivity index (χ2v) is 21.0. The lowest BCUT2D eigenvalue weighted by Crippen LogP contribution is -2.65. The van der Waals surface area contributed by atoms with Gasteiger partial charge in [0.1, 0.15) is 11.4 Å². The summed E-state index contributed by atoms with van der Waals surface area (Å²) >= 11 is 0. The van der Waals surface area contributed by atoms with Gasteiger partial charge in [-0.25, -0.2) is 0 Å². The third kappa shape index (κ3) is 16.6. The molecule has 1 unspecified atom stereocenters. The van der Waals surface area contributed by atoms with E-state index in [0.29, 0.717) is 30.9 Å². The van der Waals surface area contributed by atoms with Crippen molar-refractivity contribution >= 4 is 32.7 Å². The highest BCUT2D eigenvalue weighted by atomic mass is 28.3. The van der Waals surface area contributed by atoms with Gasteiger partial charge in [0, 0.05) is 32.1 Å². The molecule has 12 nitrogen and oxygen atoms in total. The Morgan fingerprint density at radius 1 is 0.818 bits per heavy atom. The van der Waals surface area contributed by atoms with Crippen LogP contribution in [-0.4, -0.2) is 71.0 Å². The molecule has 0 radical (unpaired) electrons. The Kier molecular flexibility index (Phi) is 19.6. The van der Waals surface area contributed by atoms with Crippen LogP contribution in [0.25, 0.3) is 0 Å². The van der Waals surface area contributed by atoms with E-state index in [9.17, 15) is 19.2 Å². The second kappa shape index (κ2) is 21.5. The molecule has 0 saturated carbocycles. The first-order valence-electron chi connectivity index (χ1n) is 20.0. The molecule has 13 heteroatoms. The Labute approximate surface area is 334 Å². The zero-order chi connectivity index (χ0) is 42.5. The van der Waals surface area contributed by atoms with Gasteiger partial charge in [0.25, 0.3) is 5.91 Å². The summed E-state index contributed by atoms with van der Waals surface area (Å²) < 4.78 is 23.9. The minimum absolute atomic E-state index is 0.0866. The standard InChI is InChI=1S/C42H76N4O8Si/c1-27(2)30(35(47)45-26-41(11,12)38(43)50)24-33(39(5,6)7)31(37(49)53-40(8,9)10)25-32(28(3)4)42(44,54-55(14)15)46-36(48)29-20-16-17-21-34(29)52-23-19-18-22-51-13/h16-17,20-21,27-28,30-33,55H,18-19,22-26,44H2,1-15H3,(H2,43,50)(H,45,47)(H,46,48)/t30-,31-,32-,33-,42?/m0/s1. The first-order chi connectivity index (χ1) is 25.2. The van der Waals surface area contributed by atoms with E-state index in [1.807, 2.05) is 67.6 Å². The molecule has 0 aliphatic carbocycles. The van der Waals surface area contributed by atoms with Crippen molar-refractivity contribution in [1.82, 2.24) is 10.6 Å². The van der Waals surface area contributed by atoms with Crippen molar-refractivity contribution < 1.29 is 37.8 Å². The number of rotatable bonds is 23. The summed E-state index contributed by atoms with van der Waals surface area (Å²) in [6.07, 6.45) is 2.15. The van der Waals surface area contributed by atoms with E-state index in [1.54, 1.807) is 39.2 Å². The van der Waals surface area contributed by atoms with E-state index >= 15 is 0 Å². The number of amides is 3. The average Bonchev–Trinajstić information content (AvgIpc) is 3.02. The topological polar surface area (TPSA) is 181 Å². The van der Waals surface area contributed by atoms with Crippen LogP contribution in [0.15, 0.2) is 24.3 Å². The smallest absolute Gasteiger partial charge is 0.309 e. The maximum Gasteiger partial charge on any atom is 0.309 e. The van der Waals surface area contributed by atoms with Crippen molar-refractivity contribution in [2.45, 2.75) is 133 Å². The molecule has 1 aromatic rings. The lowest BCUT2D eigenvalue weighted by molar-refractivity contribution is -0.167. The minimum atomic E-state index is -1.92. The van der Waals surface area contributed by atoms with Gasteiger partial charge in [-0.05, 0) is 109 Å². The number of unbranched alkanes of at least 4 members (excludes halogenated alkanes) is 1. The lowest BCUT2D eigenvalue weighted by atomic mass is 9.64. The summed E-state index contributed by atoms with van der Waals surface area (Å²) in [5.41, 5.74) is 11.0. The summed E-state index contributed by atoms with van der Waals surface area (Å²) in [7, 11) is -0.259. The SMILES string of the molecule is COCCCCOc1ccccc1C(=O)NC(N)(O[SiH](C)C)[C@@H](C[C@H](C(=O)OC(C)(C)C)[C@H](C[C@H](C(=O)NCC(C)(C)C(N)=O)C(C)C)C(C)(C)C)C(C)C. The van der Waals surface area contributed by atoms with Crippen LogP contribution in [0, 0.1) is 46.3 Å². The number of carbonyl (C=O) groups is 4. The molecular formula is C42H76N4O8Si. The molecule has 316 valence electrons. The van der Waals surface area contributed by atoms with Gasteiger partial charge >= 0.3 is 5.97 Å². The maximum absolute atomic E-state index is 14.5. The first kappa shape index (κ1) is 50.0. The van der Waals surface area contributed by atoms with Crippen LogP contribution in [0.1, 0.15) is 119 Å². The number of benzene rings is 1. The summed E-state index contributed by atoms with van der Waals surface area (Å²) in [4.78, 5) is 54.6. The third-order valence-electron chi connectivity index (χ3n) is 10.1. The molecule has 0 aliphatic rings. The lowest BCUT2D eigenvalue weighted by Gasteiger charge is -2.46. The Morgan fingerprint density at radius 3 is 1.87 bits per heavy atom. The molecule has 1 rings (SSSR count). The number of esters is 1. The molecule has 0 aliphatic heterocycles. The number of nitrogens with two attached hydrogens (primary N) is 2. The van der Waals surface area contributed by atoms with E-state index in [0.717, 1.165) is 12.8 Å². The largest absolute Gasteiger partial charge is 0.493 e. The van der Waals surface area contributed by atoms with Crippen molar-refractivity contribution in [3.63, 3.8) is 0 Å². The third-order valence-corrected chi connectivity index (χ3v) is 10.9. The van der Waals surface area contributed by atoms with Gasteiger partial charge in [-0.15, -0.1) is 0 Å². The number of hydrogen-bond donors (Lipinski definition) is 4. The number of primary amides is 1. The molecule has 55 heavy (non-hydrogen) atoms. The van der Waals surface area contributed by atoms with Gasteiger partial charge < -0.3 is 35.0 Å². The monoisotopic (exact) mass is 793 g/mol. The number of ether oxygens (including phenoxy) is 3. The zero-order valence-electron chi connectivity index (χ0n) is 36.7. The quantitative estimate of drug-likeness (QED) is 0.0422. The van der Waals surface area contributed by atoms with Crippen molar-refractivity contribution in [1.29, 1.82) is 0 Å². The van der Waals surface area contributed by atoms with Crippen LogP contribution in [-0.2, 0) is 28.3 Å². The summed E-state index contributed by atoms with van der Waals surface area (Å²) in [6.45, 7) is 28.1. The van der Waals surface area contributed by atoms with Crippen molar-refractivity contribution in [3.05, 3.63) is 29.8 Å². The molecule has 1 aromatic carbocycles. The molecule has 0 heterocycles. The Bertz CT molecular complexity index is 1390. The van der Waals surface area contributed by atoms with Gasteiger partial charge in [-0.2, -0.15) is 0 Å². The molecule has 0 spiro atoms. The van der Waals surface area contributed by atoms with E-state index in [1.165, 1.54) is 0 Å². The van der Waals surface area contributed by atoms with Gasteiger partial charge in [0.2, 0.25) is 11.8 Å². The minimum Gasteiger partial charge on any atom is -0.493 e. The van der Waals surface area contributed by atoms with Crippen LogP contribution in [0.3, 0.4) is 0 Å². The highest BCUT2D eigenvalue weighted by Gasteiger charge is 2.48. The van der Waals surface area contributed by atoms with Crippen LogP contribution in [0.2, 0.25) is 13.1 Å². The van der Waals surface area contributed by atoms with E-state index in [-0.39, 0.29) is 36.6 Å². The molecular weight excluding hydrogens is 717 g/mol. The summed E-state index contributed by atoms with van der Waals surface area (Å²) in [5.74, 6) is -5.21. The summed E-state index contributed by atoms with van der Waals surface area (Å²) in [5, 5.41) is 6.02. The maximum atomic E-state index is 14.5.